The first-order valence-corrected chi connectivity index (χ1v) is 9.50. The quantitative estimate of drug-likeness (QED) is 0.613. The highest BCUT2D eigenvalue weighted by atomic mass is 16.1. The van der Waals surface area contributed by atoms with Crippen LogP contribution >= 0.6 is 0 Å². The highest BCUT2D eigenvalue weighted by Gasteiger charge is 2.69. The molecular formula is C20H30O. The fourth-order valence-corrected chi connectivity index (χ4v) is 8.07. The van der Waals surface area contributed by atoms with Gasteiger partial charge in [0, 0.05) is 12.8 Å². The van der Waals surface area contributed by atoms with Crippen molar-refractivity contribution in [2.75, 3.05) is 0 Å². The minimum absolute atomic E-state index is 0.315. The fraction of sp³-hybridized carbons (Fsp3) is 0.950. The number of hydrogen-bond donors (Lipinski definition) is 0. The summed E-state index contributed by atoms with van der Waals surface area (Å²) < 4.78 is 0. The van der Waals surface area contributed by atoms with Gasteiger partial charge in [-0.1, -0.05) is 13.8 Å². The molecule has 5 rings (SSSR count). The Kier molecular flexibility index (Phi) is 2.36. The highest BCUT2D eigenvalue weighted by molar-refractivity contribution is 5.80. The zero-order valence-electron chi connectivity index (χ0n) is 13.8. The van der Waals surface area contributed by atoms with Gasteiger partial charge in [0.1, 0.15) is 5.78 Å². The number of hydrogen-bond acceptors (Lipinski definition) is 1. The second-order valence-corrected chi connectivity index (χ2v) is 9.86. The molecule has 0 aromatic rings. The highest BCUT2D eigenvalue weighted by Crippen LogP contribution is 2.77. The summed E-state index contributed by atoms with van der Waals surface area (Å²) in [5.74, 6) is 4.68. The van der Waals surface area contributed by atoms with E-state index < -0.39 is 0 Å². The summed E-state index contributed by atoms with van der Waals surface area (Å²) in [5, 5.41) is 0. The van der Waals surface area contributed by atoms with E-state index in [1.165, 1.54) is 38.5 Å². The Morgan fingerprint density at radius 3 is 2.62 bits per heavy atom. The van der Waals surface area contributed by atoms with Crippen LogP contribution in [0.4, 0.5) is 0 Å². The first-order valence-electron chi connectivity index (χ1n) is 9.50. The van der Waals surface area contributed by atoms with Crippen molar-refractivity contribution in [3.05, 3.63) is 0 Å². The van der Waals surface area contributed by atoms with Crippen molar-refractivity contribution >= 4 is 5.78 Å². The lowest BCUT2D eigenvalue weighted by Crippen LogP contribution is -2.56. The van der Waals surface area contributed by atoms with Crippen LogP contribution in [0.5, 0.6) is 0 Å². The van der Waals surface area contributed by atoms with Gasteiger partial charge in [-0.3, -0.25) is 4.79 Å². The SMILES string of the molecule is CC12CCC3C4CCC5CC54CCC3C1(C)CCC(=O)C2. The maximum absolute atomic E-state index is 12.1. The molecule has 5 fully saturated rings. The predicted molar refractivity (Wildman–Crippen MR) is 83.8 cm³/mol. The maximum atomic E-state index is 12.1. The van der Waals surface area contributed by atoms with Gasteiger partial charge in [-0.25, -0.2) is 0 Å². The third-order valence-electron chi connectivity index (χ3n) is 9.54. The van der Waals surface area contributed by atoms with Gasteiger partial charge in [0.05, 0.1) is 0 Å². The van der Waals surface area contributed by atoms with E-state index in [-0.39, 0.29) is 0 Å². The van der Waals surface area contributed by atoms with Crippen LogP contribution in [0.3, 0.4) is 0 Å². The average Bonchev–Trinajstić information content (AvgIpc) is 3.02. The normalized spacial score (nSPS) is 61.5. The van der Waals surface area contributed by atoms with Gasteiger partial charge < -0.3 is 0 Å². The smallest absolute Gasteiger partial charge is 0.133 e. The molecule has 0 saturated heterocycles. The van der Waals surface area contributed by atoms with Crippen molar-refractivity contribution in [1.82, 2.24) is 0 Å². The van der Waals surface area contributed by atoms with Gasteiger partial charge in [-0.2, -0.15) is 0 Å². The van der Waals surface area contributed by atoms with Crippen LogP contribution in [0.2, 0.25) is 0 Å². The Bertz CT molecular complexity index is 510. The van der Waals surface area contributed by atoms with E-state index in [4.69, 9.17) is 0 Å². The summed E-state index contributed by atoms with van der Waals surface area (Å²) in [6.07, 6.45) is 13.4. The Balaban J connectivity index is 1.51. The number of ketones is 1. The molecule has 21 heavy (non-hydrogen) atoms. The lowest BCUT2D eigenvalue weighted by Gasteiger charge is -2.63. The monoisotopic (exact) mass is 286 g/mol. The fourth-order valence-electron chi connectivity index (χ4n) is 8.07. The Morgan fingerprint density at radius 1 is 0.952 bits per heavy atom. The van der Waals surface area contributed by atoms with E-state index in [1.807, 2.05) is 0 Å². The Labute approximate surface area is 129 Å². The van der Waals surface area contributed by atoms with Gasteiger partial charge in [0.25, 0.3) is 0 Å². The Hall–Kier alpha value is -0.330. The molecule has 0 bridgehead atoms. The molecule has 0 amide bonds. The summed E-state index contributed by atoms with van der Waals surface area (Å²) in [5.41, 5.74) is 1.60. The molecule has 0 aromatic carbocycles. The van der Waals surface area contributed by atoms with Crippen molar-refractivity contribution in [2.45, 2.75) is 78.1 Å². The predicted octanol–water partition coefficient (Wildman–Crippen LogP) is 4.99. The molecule has 7 unspecified atom stereocenters. The molecule has 1 heteroatoms. The maximum Gasteiger partial charge on any atom is 0.133 e. The van der Waals surface area contributed by atoms with Gasteiger partial charge in [-0.05, 0) is 91.3 Å². The molecule has 0 heterocycles. The second-order valence-electron chi connectivity index (χ2n) is 9.86. The molecule has 1 nitrogen and oxygen atoms in total. The van der Waals surface area contributed by atoms with E-state index in [1.54, 1.807) is 12.8 Å². The summed E-state index contributed by atoms with van der Waals surface area (Å²) >= 11 is 0. The van der Waals surface area contributed by atoms with Crippen molar-refractivity contribution in [3.63, 3.8) is 0 Å². The van der Waals surface area contributed by atoms with Crippen LogP contribution in [0.15, 0.2) is 0 Å². The first kappa shape index (κ1) is 13.1. The number of carbonyl (C=O) groups excluding carboxylic acids is 1. The number of fused-ring (bicyclic) bond motifs is 4. The van der Waals surface area contributed by atoms with Crippen molar-refractivity contribution in [1.29, 1.82) is 0 Å². The van der Waals surface area contributed by atoms with E-state index in [0.717, 1.165) is 41.9 Å². The van der Waals surface area contributed by atoms with Crippen LogP contribution < -0.4 is 0 Å². The molecule has 0 radical (unpaired) electrons. The van der Waals surface area contributed by atoms with E-state index in [2.05, 4.69) is 13.8 Å². The Morgan fingerprint density at radius 2 is 1.81 bits per heavy atom. The molecular weight excluding hydrogens is 256 g/mol. The van der Waals surface area contributed by atoms with Gasteiger partial charge in [0.2, 0.25) is 0 Å². The molecule has 7 atom stereocenters. The average molecular weight is 286 g/mol. The van der Waals surface area contributed by atoms with Crippen LogP contribution in [0, 0.1) is 39.9 Å². The summed E-state index contributed by atoms with van der Waals surface area (Å²) in [6.45, 7) is 5.03. The lowest BCUT2D eigenvalue weighted by atomic mass is 9.41. The molecule has 5 aliphatic rings. The number of Topliss-reactive ketones (excluding diaryl/α,β-unsaturated/α-hetero) is 1. The largest absolute Gasteiger partial charge is 0.300 e. The van der Waals surface area contributed by atoms with Crippen molar-refractivity contribution in [3.8, 4) is 0 Å². The third kappa shape index (κ3) is 1.42. The van der Waals surface area contributed by atoms with E-state index >= 15 is 0 Å². The minimum atomic E-state index is 0.315. The summed E-state index contributed by atoms with van der Waals surface area (Å²) in [6, 6.07) is 0. The zero-order chi connectivity index (χ0) is 14.5. The van der Waals surface area contributed by atoms with Crippen LogP contribution in [0.25, 0.3) is 0 Å². The van der Waals surface area contributed by atoms with E-state index in [0.29, 0.717) is 16.6 Å². The van der Waals surface area contributed by atoms with Gasteiger partial charge in [-0.15, -0.1) is 0 Å². The molecule has 0 aliphatic heterocycles. The summed E-state index contributed by atoms with van der Waals surface area (Å²) in [4.78, 5) is 12.1. The number of carbonyl (C=O) groups is 1. The standard InChI is InChI=1S/C20H30O/c1-18-8-6-15-16(19(18,2)9-5-14(21)12-18)7-10-20-11-13(20)3-4-17(15)20/h13,15-17H,3-12H2,1-2H3. The van der Waals surface area contributed by atoms with E-state index in [9.17, 15) is 4.79 Å². The molecule has 116 valence electrons. The lowest BCUT2D eigenvalue weighted by molar-refractivity contribution is -0.156. The topological polar surface area (TPSA) is 17.1 Å². The second kappa shape index (κ2) is 3.77. The van der Waals surface area contributed by atoms with Crippen LogP contribution in [-0.2, 0) is 4.79 Å². The van der Waals surface area contributed by atoms with Crippen molar-refractivity contribution < 1.29 is 4.79 Å². The minimum Gasteiger partial charge on any atom is -0.300 e. The number of rotatable bonds is 0. The van der Waals surface area contributed by atoms with Gasteiger partial charge >= 0.3 is 0 Å². The van der Waals surface area contributed by atoms with Crippen LogP contribution in [0.1, 0.15) is 78.1 Å². The molecule has 0 aromatic heterocycles. The molecule has 1 spiro atoms. The molecule has 5 aliphatic carbocycles. The molecule has 5 saturated carbocycles. The van der Waals surface area contributed by atoms with Gasteiger partial charge in [0.15, 0.2) is 0 Å². The summed E-state index contributed by atoms with van der Waals surface area (Å²) in [7, 11) is 0. The van der Waals surface area contributed by atoms with Crippen LogP contribution in [-0.4, -0.2) is 5.78 Å². The third-order valence-corrected chi connectivity index (χ3v) is 9.54. The molecule has 0 N–H and O–H groups in total. The first-order chi connectivity index (χ1) is 9.99. The zero-order valence-corrected chi connectivity index (χ0v) is 13.8. The van der Waals surface area contributed by atoms with Crippen molar-refractivity contribution in [2.24, 2.45) is 39.9 Å².